The fourth-order valence-electron chi connectivity index (χ4n) is 3.21. The van der Waals surface area contributed by atoms with Gasteiger partial charge in [-0.2, -0.15) is 8.42 Å². The molecule has 3 rings (SSSR count). The molecule has 0 amide bonds. The maximum Gasteiger partial charge on any atom is 0.357 e. The molecule has 0 spiro atoms. The van der Waals surface area contributed by atoms with Crippen LogP contribution in [0.2, 0.25) is 0 Å². The minimum atomic E-state index is -4.72. The second-order valence-corrected chi connectivity index (χ2v) is 7.25. The standard InChI is InChI=1S/C18H17FN2O5S/c1-11-13(9-12-5-3-2-4-6-12)17-15(21(11)10-16(22)23)8-7-14(19)18(17)20-27(24,25)26/h2-8,20H,9-10H2,1H3,(H,22,23)(H,24,25,26). The lowest BCUT2D eigenvalue weighted by molar-refractivity contribution is -0.137. The van der Waals surface area contributed by atoms with Crippen molar-refractivity contribution in [2.45, 2.75) is 19.9 Å². The summed E-state index contributed by atoms with van der Waals surface area (Å²) in [7, 11) is -4.72. The van der Waals surface area contributed by atoms with Crippen LogP contribution < -0.4 is 4.72 Å². The Bertz CT molecular complexity index is 1120. The van der Waals surface area contributed by atoms with Crippen molar-refractivity contribution in [3.05, 3.63) is 65.1 Å². The predicted octanol–water partition coefficient (Wildman–Crippen LogP) is 2.98. The van der Waals surface area contributed by atoms with Crippen LogP contribution in [0.4, 0.5) is 10.1 Å². The number of anilines is 1. The molecule has 7 nitrogen and oxygen atoms in total. The average Bonchev–Trinajstić information content (AvgIpc) is 2.83. The number of carboxylic acid groups (broad SMARTS) is 1. The first-order valence-corrected chi connectivity index (χ1v) is 9.42. The summed E-state index contributed by atoms with van der Waals surface area (Å²) in [6.07, 6.45) is 0.333. The number of rotatable bonds is 6. The van der Waals surface area contributed by atoms with Crippen molar-refractivity contribution in [2.24, 2.45) is 0 Å². The van der Waals surface area contributed by atoms with E-state index in [4.69, 9.17) is 4.55 Å². The molecular weight excluding hydrogens is 375 g/mol. The molecule has 3 aromatic rings. The Morgan fingerprint density at radius 3 is 2.44 bits per heavy atom. The van der Waals surface area contributed by atoms with Gasteiger partial charge in [0.2, 0.25) is 0 Å². The van der Waals surface area contributed by atoms with Crippen LogP contribution in [0.25, 0.3) is 10.9 Å². The molecule has 0 aliphatic rings. The minimum Gasteiger partial charge on any atom is -0.480 e. The lowest BCUT2D eigenvalue weighted by atomic mass is 10.0. The number of carboxylic acids is 1. The van der Waals surface area contributed by atoms with Crippen LogP contribution in [0.5, 0.6) is 0 Å². The van der Waals surface area contributed by atoms with E-state index in [0.29, 0.717) is 23.2 Å². The molecule has 0 aliphatic carbocycles. The molecule has 1 aromatic heterocycles. The summed E-state index contributed by atoms with van der Waals surface area (Å²) in [5.74, 6) is -1.96. The Balaban J connectivity index is 2.32. The molecule has 0 saturated heterocycles. The zero-order valence-corrected chi connectivity index (χ0v) is 15.1. The molecule has 0 atom stereocenters. The fraction of sp³-hybridized carbons (Fsp3) is 0.167. The molecule has 0 unspecified atom stereocenters. The second-order valence-electron chi connectivity index (χ2n) is 6.10. The van der Waals surface area contributed by atoms with Gasteiger partial charge >= 0.3 is 16.3 Å². The molecule has 0 radical (unpaired) electrons. The van der Waals surface area contributed by atoms with E-state index in [1.807, 2.05) is 30.3 Å². The van der Waals surface area contributed by atoms with Gasteiger partial charge in [0, 0.05) is 11.1 Å². The number of carbonyl (C=O) groups is 1. The van der Waals surface area contributed by atoms with Gasteiger partial charge in [0.05, 0.1) is 11.2 Å². The summed E-state index contributed by atoms with van der Waals surface area (Å²) in [5.41, 5.74) is 1.97. The summed E-state index contributed by atoms with van der Waals surface area (Å²) in [6.45, 7) is 1.32. The lowest BCUT2D eigenvalue weighted by Gasteiger charge is -2.09. The maximum atomic E-state index is 14.4. The van der Waals surface area contributed by atoms with Gasteiger partial charge in [-0.25, -0.2) is 4.39 Å². The van der Waals surface area contributed by atoms with Gasteiger partial charge in [-0.15, -0.1) is 0 Å². The van der Waals surface area contributed by atoms with E-state index >= 15 is 0 Å². The molecule has 142 valence electrons. The quantitative estimate of drug-likeness (QED) is 0.559. The Morgan fingerprint density at radius 1 is 1.19 bits per heavy atom. The van der Waals surface area contributed by atoms with E-state index in [2.05, 4.69) is 0 Å². The third-order valence-electron chi connectivity index (χ3n) is 4.31. The number of aromatic nitrogens is 1. The van der Waals surface area contributed by atoms with Gasteiger partial charge in [-0.3, -0.25) is 14.1 Å². The normalized spacial score (nSPS) is 11.7. The van der Waals surface area contributed by atoms with Crippen LogP contribution in [0.15, 0.2) is 42.5 Å². The number of aliphatic carboxylic acids is 1. The monoisotopic (exact) mass is 392 g/mol. The Hall–Kier alpha value is -2.91. The number of hydrogen-bond donors (Lipinski definition) is 3. The predicted molar refractivity (Wildman–Crippen MR) is 98.7 cm³/mol. The third-order valence-corrected chi connectivity index (χ3v) is 4.78. The van der Waals surface area contributed by atoms with Crippen molar-refractivity contribution in [3.63, 3.8) is 0 Å². The molecule has 2 aromatic carbocycles. The highest BCUT2D eigenvalue weighted by molar-refractivity contribution is 7.87. The summed E-state index contributed by atoms with van der Waals surface area (Å²) < 4.78 is 49.5. The minimum absolute atomic E-state index is 0.218. The smallest absolute Gasteiger partial charge is 0.357 e. The second kappa shape index (κ2) is 7.01. The first-order chi connectivity index (χ1) is 12.7. The van der Waals surface area contributed by atoms with Gasteiger partial charge in [0.25, 0.3) is 0 Å². The van der Waals surface area contributed by atoms with Crippen molar-refractivity contribution in [1.82, 2.24) is 4.57 Å². The number of benzene rings is 2. The molecule has 9 heteroatoms. The maximum absolute atomic E-state index is 14.4. The van der Waals surface area contributed by atoms with Crippen molar-refractivity contribution in [1.29, 1.82) is 0 Å². The van der Waals surface area contributed by atoms with E-state index in [-0.39, 0.29) is 11.9 Å². The van der Waals surface area contributed by atoms with E-state index in [1.54, 1.807) is 11.6 Å². The number of nitrogens with one attached hydrogen (secondary N) is 1. The van der Waals surface area contributed by atoms with E-state index in [1.165, 1.54) is 10.6 Å². The van der Waals surface area contributed by atoms with Crippen LogP contribution in [0, 0.1) is 12.7 Å². The fourth-order valence-corrected chi connectivity index (χ4v) is 3.66. The number of nitrogens with zero attached hydrogens (tertiary/aromatic N) is 1. The van der Waals surface area contributed by atoms with Crippen LogP contribution >= 0.6 is 0 Å². The highest BCUT2D eigenvalue weighted by atomic mass is 32.2. The van der Waals surface area contributed by atoms with Crippen molar-refractivity contribution >= 4 is 32.9 Å². The summed E-state index contributed by atoms with van der Waals surface area (Å²) >= 11 is 0. The van der Waals surface area contributed by atoms with Crippen LogP contribution in [0.3, 0.4) is 0 Å². The molecule has 0 fully saturated rings. The average molecular weight is 392 g/mol. The third kappa shape index (κ3) is 3.93. The summed E-state index contributed by atoms with van der Waals surface area (Å²) in [5, 5.41) is 9.43. The Kier molecular flexibility index (Phi) is 4.90. The summed E-state index contributed by atoms with van der Waals surface area (Å²) in [6, 6.07) is 11.6. The Labute approximate surface area is 154 Å². The molecule has 0 saturated carbocycles. The number of fused-ring (bicyclic) bond motifs is 1. The zero-order valence-electron chi connectivity index (χ0n) is 14.3. The highest BCUT2D eigenvalue weighted by Crippen LogP contribution is 2.36. The van der Waals surface area contributed by atoms with Gasteiger partial charge in [-0.1, -0.05) is 30.3 Å². The zero-order chi connectivity index (χ0) is 19.8. The van der Waals surface area contributed by atoms with Gasteiger partial charge in [-0.05, 0) is 36.6 Å². The lowest BCUT2D eigenvalue weighted by Crippen LogP contribution is -2.12. The van der Waals surface area contributed by atoms with Gasteiger partial charge in [0.15, 0.2) is 0 Å². The molecule has 3 N–H and O–H groups in total. The van der Waals surface area contributed by atoms with Gasteiger partial charge < -0.3 is 9.67 Å². The molecule has 27 heavy (non-hydrogen) atoms. The topological polar surface area (TPSA) is 109 Å². The largest absolute Gasteiger partial charge is 0.480 e. The van der Waals surface area contributed by atoms with Crippen molar-refractivity contribution in [2.75, 3.05) is 4.72 Å². The Morgan fingerprint density at radius 2 is 1.85 bits per heavy atom. The number of halogens is 1. The molecule has 0 bridgehead atoms. The van der Waals surface area contributed by atoms with E-state index < -0.39 is 27.8 Å². The molecule has 1 heterocycles. The molecule has 0 aliphatic heterocycles. The van der Waals surface area contributed by atoms with Crippen LogP contribution in [-0.4, -0.2) is 28.6 Å². The van der Waals surface area contributed by atoms with E-state index in [9.17, 15) is 22.7 Å². The molecular formula is C18H17FN2O5S. The first-order valence-electron chi connectivity index (χ1n) is 7.98. The van der Waals surface area contributed by atoms with Crippen LogP contribution in [-0.2, 0) is 28.1 Å². The van der Waals surface area contributed by atoms with Crippen LogP contribution in [0.1, 0.15) is 16.8 Å². The highest BCUT2D eigenvalue weighted by Gasteiger charge is 2.23. The van der Waals surface area contributed by atoms with Gasteiger partial charge in [0.1, 0.15) is 12.4 Å². The SMILES string of the molecule is Cc1c(Cc2ccccc2)c2c(NS(=O)(=O)O)c(F)ccc2n1CC(=O)O. The summed E-state index contributed by atoms with van der Waals surface area (Å²) in [4.78, 5) is 11.3. The van der Waals surface area contributed by atoms with E-state index in [0.717, 1.165) is 11.6 Å². The first kappa shape index (κ1) is 18.9. The number of hydrogen-bond acceptors (Lipinski definition) is 3. The van der Waals surface area contributed by atoms with Crippen molar-refractivity contribution in [3.8, 4) is 0 Å². The van der Waals surface area contributed by atoms with Crippen molar-refractivity contribution < 1.29 is 27.3 Å².